The van der Waals surface area contributed by atoms with Crippen LogP contribution in [0.25, 0.3) is 0 Å². The van der Waals surface area contributed by atoms with Gasteiger partial charge in [-0.1, -0.05) is 18.2 Å². The van der Waals surface area contributed by atoms with Gasteiger partial charge in [-0.15, -0.1) is 0 Å². The minimum atomic E-state index is -0.329. The maximum absolute atomic E-state index is 13.3. The van der Waals surface area contributed by atoms with Crippen molar-refractivity contribution in [2.45, 2.75) is 38.8 Å². The summed E-state index contributed by atoms with van der Waals surface area (Å²) < 4.78 is 13.3. The third kappa shape index (κ3) is 4.45. The number of nitrogens with zero attached hydrogens (tertiary/aromatic N) is 2. The van der Waals surface area contributed by atoms with E-state index in [1.165, 1.54) is 19.1 Å². The Morgan fingerprint density at radius 2 is 2.12 bits per heavy atom. The van der Waals surface area contributed by atoms with Crippen molar-refractivity contribution >= 4 is 11.8 Å². The minimum absolute atomic E-state index is 0.0118. The molecule has 1 N–H and O–H groups in total. The normalized spacial score (nSPS) is 16.5. The molecule has 136 valence electrons. The zero-order chi connectivity index (χ0) is 18.5. The molecule has 0 bridgehead atoms. The van der Waals surface area contributed by atoms with Crippen LogP contribution in [-0.4, -0.2) is 28.2 Å². The molecule has 1 aliphatic rings. The van der Waals surface area contributed by atoms with Gasteiger partial charge in [-0.05, 0) is 42.2 Å². The predicted octanol–water partition coefficient (Wildman–Crippen LogP) is 2.76. The third-order valence-electron chi connectivity index (χ3n) is 4.55. The second-order valence-electron chi connectivity index (χ2n) is 6.55. The minimum Gasteiger partial charge on any atom is -0.352 e. The predicted molar refractivity (Wildman–Crippen MR) is 95.5 cm³/mol. The molecule has 0 radical (unpaired) electrons. The number of hydrogen-bond donors (Lipinski definition) is 1. The van der Waals surface area contributed by atoms with Gasteiger partial charge in [0.25, 0.3) is 0 Å². The zero-order valence-electron chi connectivity index (χ0n) is 14.7. The summed E-state index contributed by atoms with van der Waals surface area (Å²) >= 11 is 0. The highest BCUT2D eigenvalue weighted by Gasteiger charge is 2.30. The molecule has 1 saturated heterocycles. The van der Waals surface area contributed by atoms with Crippen molar-refractivity contribution in [3.05, 3.63) is 65.2 Å². The maximum Gasteiger partial charge on any atom is 0.227 e. The monoisotopic (exact) mass is 355 g/mol. The van der Waals surface area contributed by atoms with E-state index in [1.807, 2.05) is 17.0 Å². The lowest BCUT2D eigenvalue weighted by Gasteiger charge is -2.24. The van der Waals surface area contributed by atoms with Crippen molar-refractivity contribution in [1.29, 1.82) is 0 Å². The first-order valence-corrected chi connectivity index (χ1v) is 8.76. The van der Waals surface area contributed by atoms with E-state index < -0.39 is 0 Å². The number of aromatic nitrogens is 1. The van der Waals surface area contributed by atoms with E-state index in [0.29, 0.717) is 18.7 Å². The molecule has 2 aromatic rings. The fourth-order valence-corrected chi connectivity index (χ4v) is 3.26. The Kier molecular flexibility index (Phi) is 5.61. The lowest BCUT2D eigenvalue weighted by atomic mass is 10.1. The molecule has 6 heteroatoms. The fraction of sp³-hybridized carbons (Fsp3) is 0.350. The van der Waals surface area contributed by atoms with E-state index in [9.17, 15) is 14.0 Å². The number of carbonyl (C=O) groups excluding carboxylic acids is 2. The van der Waals surface area contributed by atoms with Crippen LogP contribution < -0.4 is 5.32 Å². The summed E-state index contributed by atoms with van der Waals surface area (Å²) in [6, 6.07) is 9.94. The maximum atomic E-state index is 13.3. The van der Waals surface area contributed by atoms with E-state index in [1.54, 1.807) is 18.3 Å². The molecule has 0 spiro atoms. The van der Waals surface area contributed by atoms with Crippen LogP contribution in [0.1, 0.15) is 42.6 Å². The van der Waals surface area contributed by atoms with Crippen molar-refractivity contribution in [3.63, 3.8) is 0 Å². The Morgan fingerprint density at radius 1 is 1.27 bits per heavy atom. The first kappa shape index (κ1) is 18.0. The number of hydrogen-bond acceptors (Lipinski definition) is 3. The summed E-state index contributed by atoms with van der Waals surface area (Å²) in [6.07, 6.45) is 3.72. The highest BCUT2D eigenvalue weighted by atomic mass is 19.1. The third-order valence-corrected chi connectivity index (χ3v) is 4.55. The molecule has 0 aliphatic carbocycles. The summed E-state index contributed by atoms with van der Waals surface area (Å²) in [6.45, 7) is 2.60. The van der Waals surface area contributed by atoms with Crippen molar-refractivity contribution in [2.75, 3.05) is 6.54 Å². The van der Waals surface area contributed by atoms with Crippen LogP contribution in [-0.2, 0) is 22.6 Å². The number of halogens is 1. The Hall–Kier alpha value is -2.76. The van der Waals surface area contributed by atoms with Gasteiger partial charge in [-0.25, -0.2) is 4.39 Å². The molecule has 1 aromatic carbocycles. The van der Waals surface area contributed by atoms with Gasteiger partial charge >= 0.3 is 0 Å². The number of amides is 2. The highest BCUT2D eigenvalue weighted by molar-refractivity contribution is 5.79. The Labute approximate surface area is 152 Å². The fourth-order valence-electron chi connectivity index (χ4n) is 3.26. The summed E-state index contributed by atoms with van der Waals surface area (Å²) in [5.74, 6) is -0.425. The van der Waals surface area contributed by atoms with Gasteiger partial charge in [0.1, 0.15) is 5.82 Å². The first-order valence-electron chi connectivity index (χ1n) is 8.76. The van der Waals surface area contributed by atoms with Gasteiger partial charge in [0.2, 0.25) is 11.8 Å². The molecule has 1 atom stereocenters. The summed E-state index contributed by atoms with van der Waals surface area (Å²) in [4.78, 5) is 30.0. The van der Waals surface area contributed by atoms with Crippen LogP contribution in [0.3, 0.4) is 0 Å². The molecule has 1 fully saturated rings. The lowest BCUT2D eigenvalue weighted by Crippen LogP contribution is -2.32. The van der Waals surface area contributed by atoms with Crippen LogP contribution in [0.4, 0.5) is 4.39 Å². The first-order chi connectivity index (χ1) is 12.5. The quantitative estimate of drug-likeness (QED) is 0.897. The molecule has 0 unspecified atom stereocenters. The van der Waals surface area contributed by atoms with Crippen LogP contribution in [0.5, 0.6) is 0 Å². The van der Waals surface area contributed by atoms with E-state index in [0.717, 1.165) is 24.1 Å². The Balaban J connectivity index is 1.67. The number of pyridine rings is 1. The van der Waals surface area contributed by atoms with E-state index in [2.05, 4.69) is 10.3 Å². The summed E-state index contributed by atoms with van der Waals surface area (Å²) in [5.41, 5.74) is 2.44. The van der Waals surface area contributed by atoms with Gasteiger partial charge in [-0.3, -0.25) is 14.6 Å². The summed E-state index contributed by atoms with van der Waals surface area (Å²) in [7, 11) is 0. The number of nitrogens with one attached hydrogen (secondary N) is 1. The lowest BCUT2D eigenvalue weighted by molar-refractivity contribution is -0.131. The van der Waals surface area contributed by atoms with Crippen molar-refractivity contribution in [1.82, 2.24) is 15.2 Å². The average molecular weight is 355 g/mol. The van der Waals surface area contributed by atoms with Crippen LogP contribution in [0.15, 0.2) is 42.6 Å². The van der Waals surface area contributed by atoms with Crippen LogP contribution in [0, 0.1) is 5.82 Å². The number of carbonyl (C=O) groups is 2. The molecular weight excluding hydrogens is 333 g/mol. The van der Waals surface area contributed by atoms with Crippen molar-refractivity contribution in [2.24, 2.45) is 0 Å². The number of rotatable bonds is 5. The number of benzene rings is 1. The van der Waals surface area contributed by atoms with Gasteiger partial charge in [0.05, 0.1) is 18.2 Å². The topological polar surface area (TPSA) is 62.3 Å². The second kappa shape index (κ2) is 8.08. The smallest absolute Gasteiger partial charge is 0.227 e. The molecule has 1 aromatic heterocycles. The van der Waals surface area contributed by atoms with Gasteiger partial charge in [0, 0.05) is 26.2 Å². The molecular formula is C20H22FN3O2. The van der Waals surface area contributed by atoms with E-state index >= 15 is 0 Å². The standard InChI is InChI=1S/C20H22FN3O2/c1-14(25)22-12-16-7-8-18(23-13-16)19-6-3-9-24(19)20(26)11-15-4-2-5-17(21)10-15/h2,4-5,7-8,10,13,19H,3,6,9,11-12H2,1H3,(H,22,25)/t19-/m1/s1. The van der Waals surface area contributed by atoms with Crippen molar-refractivity contribution < 1.29 is 14.0 Å². The highest BCUT2D eigenvalue weighted by Crippen LogP contribution is 2.31. The SMILES string of the molecule is CC(=O)NCc1ccc([C@H]2CCCN2C(=O)Cc2cccc(F)c2)nc1. The van der Waals surface area contributed by atoms with Gasteiger partial charge < -0.3 is 10.2 Å². The molecule has 0 saturated carbocycles. The molecule has 5 nitrogen and oxygen atoms in total. The Morgan fingerprint density at radius 3 is 2.81 bits per heavy atom. The van der Waals surface area contributed by atoms with Crippen LogP contribution >= 0.6 is 0 Å². The van der Waals surface area contributed by atoms with Gasteiger partial charge in [0.15, 0.2) is 0 Å². The van der Waals surface area contributed by atoms with Crippen LogP contribution in [0.2, 0.25) is 0 Å². The zero-order valence-corrected chi connectivity index (χ0v) is 14.7. The largest absolute Gasteiger partial charge is 0.352 e. The van der Waals surface area contributed by atoms with E-state index in [-0.39, 0.29) is 30.1 Å². The van der Waals surface area contributed by atoms with Crippen molar-refractivity contribution in [3.8, 4) is 0 Å². The van der Waals surface area contributed by atoms with Gasteiger partial charge in [-0.2, -0.15) is 0 Å². The molecule has 1 aliphatic heterocycles. The average Bonchev–Trinajstić information content (AvgIpc) is 3.10. The molecule has 26 heavy (non-hydrogen) atoms. The van der Waals surface area contributed by atoms with E-state index in [4.69, 9.17) is 0 Å². The molecule has 2 amide bonds. The molecule has 3 rings (SSSR count). The molecule has 2 heterocycles. The second-order valence-corrected chi connectivity index (χ2v) is 6.55. The Bertz CT molecular complexity index is 792. The number of likely N-dealkylation sites (tertiary alicyclic amines) is 1. The summed E-state index contributed by atoms with van der Waals surface area (Å²) in [5, 5.41) is 2.74.